The first kappa shape index (κ1) is 13.2. The van der Waals surface area contributed by atoms with Crippen molar-refractivity contribution in [3.05, 3.63) is 30.0 Å². The van der Waals surface area contributed by atoms with E-state index in [0.717, 1.165) is 62.9 Å². The number of anilines is 1. The lowest BCUT2D eigenvalue weighted by atomic mass is 9.97. The molecule has 3 rings (SSSR count). The van der Waals surface area contributed by atoms with E-state index in [1.165, 1.54) is 0 Å². The van der Waals surface area contributed by atoms with Crippen LogP contribution in [-0.4, -0.2) is 34.8 Å². The summed E-state index contributed by atoms with van der Waals surface area (Å²) in [5.41, 5.74) is 5.71. The van der Waals surface area contributed by atoms with Crippen LogP contribution in [0.3, 0.4) is 0 Å². The van der Waals surface area contributed by atoms with E-state index >= 15 is 0 Å². The summed E-state index contributed by atoms with van der Waals surface area (Å²) in [5, 5.41) is 7.34. The highest BCUT2D eigenvalue weighted by molar-refractivity contribution is 5.29. The molecule has 1 aliphatic heterocycles. The number of nitrogens with one attached hydrogen (secondary N) is 1. The average Bonchev–Trinajstić information content (AvgIpc) is 3.17. The Kier molecular flexibility index (Phi) is 4.01. The van der Waals surface area contributed by atoms with E-state index in [2.05, 4.69) is 20.1 Å². The van der Waals surface area contributed by atoms with Gasteiger partial charge in [0.05, 0.1) is 6.26 Å². The summed E-state index contributed by atoms with van der Waals surface area (Å²) in [6.45, 7) is 2.78. The monoisotopic (exact) mass is 275 g/mol. The smallest absolute Gasteiger partial charge is 0.244 e. The highest BCUT2D eigenvalue weighted by atomic mass is 16.3. The predicted molar refractivity (Wildman–Crippen MR) is 76.5 cm³/mol. The maximum absolute atomic E-state index is 5.71. The van der Waals surface area contributed by atoms with Gasteiger partial charge in [0.2, 0.25) is 5.95 Å². The minimum absolute atomic E-state index is 0.656. The first-order valence-electron chi connectivity index (χ1n) is 7.24. The van der Waals surface area contributed by atoms with Gasteiger partial charge in [-0.15, -0.1) is 5.10 Å². The van der Waals surface area contributed by atoms with Gasteiger partial charge in [0.15, 0.2) is 0 Å². The van der Waals surface area contributed by atoms with Crippen LogP contribution in [0.15, 0.2) is 22.8 Å². The summed E-state index contributed by atoms with van der Waals surface area (Å²) in [5.74, 6) is 3.36. The number of aromatic nitrogens is 3. The molecule has 0 aliphatic carbocycles. The number of nitrogens with zero attached hydrogens (tertiary/aromatic N) is 3. The van der Waals surface area contributed by atoms with Gasteiger partial charge in [0.25, 0.3) is 0 Å². The van der Waals surface area contributed by atoms with Crippen LogP contribution >= 0.6 is 0 Å². The van der Waals surface area contributed by atoms with Crippen LogP contribution in [0.25, 0.3) is 0 Å². The van der Waals surface area contributed by atoms with Crippen LogP contribution < -0.4 is 10.6 Å². The van der Waals surface area contributed by atoms with Gasteiger partial charge in [0.1, 0.15) is 11.6 Å². The maximum Gasteiger partial charge on any atom is 0.244 e. The van der Waals surface area contributed by atoms with E-state index in [4.69, 9.17) is 10.2 Å². The normalized spacial score (nSPS) is 16.8. The Morgan fingerprint density at radius 2 is 2.20 bits per heavy atom. The molecule has 1 fully saturated rings. The number of piperidine rings is 1. The van der Waals surface area contributed by atoms with Gasteiger partial charge in [-0.2, -0.15) is 4.98 Å². The Morgan fingerprint density at radius 3 is 2.90 bits per heavy atom. The molecule has 2 aromatic rings. The van der Waals surface area contributed by atoms with Crippen molar-refractivity contribution in [3.63, 3.8) is 0 Å². The second-order valence-electron chi connectivity index (χ2n) is 5.33. The molecule has 0 spiro atoms. The summed E-state index contributed by atoms with van der Waals surface area (Å²) in [6.07, 6.45) is 5.62. The molecule has 6 heteroatoms. The number of aryl methyl sites for hydroxylation is 2. The zero-order valence-corrected chi connectivity index (χ0v) is 11.6. The molecule has 1 saturated heterocycles. The van der Waals surface area contributed by atoms with Crippen LogP contribution in [0.2, 0.25) is 0 Å². The molecule has 3 N–H and O–H groups in total. The lowest BCUT2D eigenvalue weighted by molar-refractivity contribution is 0.411. The average molecular weight is 275 g/mol. The zero-order chi connectivity index (χ0) is 13.8. The van der Waals surface area contributed by atoms with Gasteiger partial charge < -0.3 is 15.1 Å². The summed E-state index contributed by atoms with van der Waals surface area (Å²) in [4.78, 5) is 6.81. The second kappa shape index (κ2) is 6.09. The standard InChI is InChI=1S/C14H21N5O/c15-10-11-5-7-19(8-6-11)14-16-13(17-18-14)4-3-12-2-1-9-20-12/h1-2,9,11H,3-8,10,15H2,(H,16,17,18). The summed E-state index contributed by atoms with van der Waals surface area (Å²) >= 11 is 0. The minimum atomic E-state index is 0.656. The van der Waals surface area contributed by atoms with Gasteiger partial charge in [-0.25, -0.2) is 0 Å². The lowest BCUT2D eigenvalue weighted by Crippen LogP contribution is -2.36. The van der Waals surface area contributed by atoms with Crippen LogP contribution in [0.5, 0.6) is 0 Å². The van der Waals surface area contributed by atoms with Gasteiger partial charge in [0, 0.05) is 25.9 Å². The number of furan rings is 1. The summed E-state index contributed by atoms with van der Waals surface area (Å²) in [6, 6.07) is 3.89. The molecule has 0 radical (unpaired) electrons. The number of hydrogen-bond acceptors (Lipinski definition) is 5. The Bertz CT molecular complexity index is 513. The SMILES string of the molecule is NCC1CCN(c2n[nH]c(CCc3ccco3)n2)CC1. The van der Waals surface area contributed by atoms with E-state index in [-0.39, 0.29) is 0 Å². The number of aromatic amines is 1. The molecule has 108 valence electrons. The molecule has 2 aromatic heterocycles. The quantitative estimate of drug-likeness (QED) is 0.860. The van der Waals surface area contributed by atoms with E-state index in [9.17, 15) is 0 Å². The summed E-state index contributed by atoms with van der Waals surface area (Å²) in [7, 11) is 0. The Labute approximate surface area is 118 Å². The van der Waals surface area contributed by atoms with Crippen LogP contribution in [0.1, 0.15) is 24.4 Å². The fraction of sp³-hybridized carbons (Fsp3) is 0.571. The highest BCUT2D eigenvalue weighted by Gasteiger charge is 2.20. The van der Waals surface area contributed by atoms with Gasteiger partial charge in [-0.1, -0.05) is 0 Å². The van der Waals surface area contributed by atoms with Crippen molar-refractivity contribution in [2.24, 2.45) is 11.7 Å². The first-order chi connectivity index (χ1) is 9.85. The molecule has 0 saturated carbocycles. The minimum Gasteiger partial charge on any atom is -0.469 e. The molecular weight excluding hydrogens is 254 g/mol. The van der Waals surface area contributed by atoms with Gasteiger partial charge in [-0.3, -0.25) is 5.10 Å². The second-order valence-corrected chi connectivity index (χ2v) is 5.33. The first-order valence-corrected chi connectivity index (χ1v) is 7.24. The van der Waals surface area contributed by atoms with Crippen molar-refractivity contribution >= 4 is 5.95 Å². The van der Waals surface area contributed by atoms with E-state index in [0.29, 0.717) is 5.92 Å². The molecule has 0 atom stereocenters. The predicted octanol–water partition coefficient (Wildman–Crippen LogP) is 1.36. The van der Waals surface area contributed by atoms with Gasteiger partial charge in [-0.05, 0) is 37.4 Å². The van der Waals surface area contributed by atoms with E-state index in [1.807, 2.05) is 12.1 Å². The molecule has 3 heterocycles. The van der Waals surface area contributed by atoms with Crippen LogP contribution in [-0.2, 0) is 12.8 Å². The molecule has 0 aromatic carbocycles. The lowest BCUT2D eigenvalue weighted by Gasteiger charge is -2.30. The van der Waals surface area contributed by atoms with Gasteiger partial charge >= 0.3 is 0 Å². The third kappa shape index (κ3) is 3.01. The molecule has 0 bridgehead atoms. The summed E-state index contributed by atoms with van der Waals surface area (Å²) < 4.78 is 5.32. The van der Waals surface area contributed by atoms with Crippen LogP contribution in [0.4, 0.5) is 5.95 Å². The van der Waals surface area contributed by atoms with Crippen molar-refractivity contribution in [1.29, 1.82) is 0 Å². The maximum atomic E-state index is 5.71. The fourth-order valence-electron chi connectivity index (χ4n) is 2.60. The van der Waals surface area contributed by atoms with E-state index in [1.54, 1.807) is 6.26 Å². The largest absolute Gasteiger partial charge is 0.469 e. The number of hydrogen-bond donors (Lipinski definition) is 2. The fourth-order valence-corrected chi connectivity index (χ4v) is 2.60. The Hall–Kier alpha value is -1.82. The molecule has 0 unspecified atom stereocenters. The topological polar surface area (TPSA) is 84.0 Å². The van der Waals surface area contributed by atoms with Crippen molar-refractivity contribution in [3.8, 4) is 0 Å². The Morgan fingerprint density at radius 1 is 1.35 bits per heavy atom. The number of nitrogens with two attached hydrogens (primary N) is 1. The van der Waals surface area contributed by atoms with Crippen LogP contribution in [0, 0.1) is 5.92 Å². The number of H-pyrrole nitrogens is 1. The molecule has 20 heavy (non-hydrogen) atoms. The van der Waals surface area contributed by atoms with Crippen molar-refractivity contribution in [1.82, 2.24) is 15.2 Å². The Balaban J connectivity index is 1.54. The number of rotatable bonds is 5. The molecular formula is C14H21N5O. The zero-order valence-electron chi connectivity index (χ0n) is 11.6. The van der Waals surface area contributed by atoms with Crippen molar-refractivity contribution in [2.75, 3.05) is 24.5 Å². The molecule has 6 nitrogen and oxygen atoms in total. The van der Waals surface area contributed by atoms with Crippen molar-refractivity contribution < 1.29 is 4.42 Å². The molecule has 0 amide bonds. The van der Waals surface area contributed by atoms with E-state index < -0.39 is 0 Å². The molecule has 1 aliphatic rings. The third-order valence-electron chi connectivity index (χ3n) is 3.94. The van der Waals surface area contributed by atoms with Crippen molar-refractivity contribution in [2.45, 2.75) is 25.7 Å². The third-order valence-corrected chi connectivity index (χ3v) is 3.94. The highest BCUT2D eigenvalue weighted by Crippen LogP contribution is 2.19.